The number of hydrogen-bond donors (Lipinski definition) is 2. The molecule has 2 heteroatoms. The minimum Gasteiger partial charge on any atom is -0.391 e. The van der Waals surface area contributed by atoms with E-state index in [2.05, 4.69) is 48.7 Å². The van der Waals surface area contributed by atoms with Crippen molar-refractivity contribution in [1.82, 2.24) is 5.32 Å². The number of nitrogens with one attached hydrogen (secondary N) is 1. The number of aliphatic hydroxyl groups excluding tert-OH is 1. The van der Waals surface area contributed by atoms with Gasteiger partial charge in [-0.05, 0) is 38.2 Å². The van der Waals surface area contributed by atoms with Crippen molar-refractivity contribution >= 4 is 0 Å². The average molecular weight is 245 g/mol. The predicted molar refractivity (Wildman–Crippen MR) is 75.4 cm³/mol. The summed E-state index contributed by atoms with van der Waals surface area (Å²) in [6.45, 7) is 2.16. The summed E-state index contributed by atoms with van der Waals surface area (Å²) >= 11 is 0. The quantitative estimate of drug-likeness (QED) is 0.802. The van der Waals surface area contributed by atoms with Crippen LogP contribution < -0.4 is 5.32 Å². The van der Waals surface area contributed by atoms with Gasteiger partial charge in [-0.2, -0.15) is 0 Å². The van der Waals surface area contributed by atoms with Gasteiger partial charge in [0.2, 0.25) is 0 Å². The van der Waals surface area contributed by atoms with Crippen molar-refractivity contribution < 1.29 is 5.11 Å². The van der Waals surface area contributed by atoms with E-state index in [1.54, 1.807) is 0 Å². The molecule has 3 atom stereocenters. The van der Waals surface area contributed by atoms with Crippen LogP contribution in [0.4, 0.5) is 0 Å². The van der Waals surface area contributed by atoms with Gasteiger partial charge in [-0.3, -0.25) is 0 Å². The Morgan fingerprint density at radius 1 is 1.11 bits per heavy atom. The fourth-order valence-electron chi connectivity index (χ4n) is 2.53. The van der Waals surface area contributed by atoms with Gasteiger partial charge >= 0.3 is 0 Å². The van der Waals surface area contributed by atoms with Crippen molar-refractivity contribution in [1.29, 1.82) is 0 Å². The van der Waals surface area contributed by atoms with Crippen molar-refractivity contribution in [3.8, 4) is 0 Å². The van der Waals surface area contributed by atoms with Crippen LogP contribution >= 0.6 is 0 Å². The molecule has 98 valence electrons. The average Bonchev–Trinajstić information content (AvgIpc) is 2.39. The van der Waals surface area contributed by atoms with Gasteiger partial charge in [-0.15, -0.1) is 0 Å². The number of rotatable bonds is 3. The second-order valence-corrected chi connectivity index (χ2v) is 5.10. The molecule has 1 aliphatic carbocycles. The summed E-state index contributed by atoms with van der Waals surface area (Å²) in [4.78, 5) is 0. The molecule has 0 fully saturated rings. The third-order valence-electron chi connectivity index (χ3n) is 3.67. The normalized spacial score (nSPS) is 28.1. The highest BCUT2D eigenvalue weighted by Crippen LogP contribution is 2.18. The molecule has 0 saturated heterocycles. The molecule has 0 radical (unpaired) electrons. The van der Waals surface area contributed by atoms with E-state index in [1.807, 2.05) is 6.07 Å². The zero-order chi connectivity index (χ0) is 12.8. The van der Waals surface area contributed by atoms with Crippen molar-refractivity contribution in [3.05, 3.63) is 48.0 Å². The summed E-state index contributed by atoms with van der Waals surface area (Å²) < 4.78 is 0. The lowest BCUT2D eigenvalue weighted by Gasteiger charge is -2.28. The van der Waals surface area contributed by atoms with Crippen LogP contribution in [0.5, 0.6) is 0 Å². The van der Waals surface area contributed by atoms with E-state index in [9.17, 15) is 5.11 Å². The predicted octanol–water partition coefficient (Wildman–Crippen LogP) is 3.20. The first-order valence-corrected chi connectivity index (χ1v) is 6.91. The summed E-state index contributed by atoms with van der Waals surface area (Å²) in [5, 5.41) is 13.7. The SMILES string of the molecule is C[C@@H](N[C@H]1CC/C=C\CC[C@@H]1O)c1ccccc1. The molecule has 2 rings (SSSR count). The van der Waals surface area contributed by atoms with Gasteiger partial charge in [-0.25, -0.2) is 0 Å². The molecule has 0 heterocycles. The molecule has 2 nitrogen and oxygen atoms in total. The number of allylic oxidation sites excluding steroid dienone is 2. The van der Waals surface area contributed by atoms with Crippen LogP contribution in [0.2, 0.25) is 0 Å². The van der Waals surface area contributed by atoms with Gasteiger partial charge in [0.25, 0.3) is 0 Å². The molecule has 1 aromatic carbocycles. The molecule has 0 amide bonds. The highest BCUT2D eigenvalue weighted by atomic mass is 16.3. The Morgan fingerprint density at radius 2 is 1.78 bits per heavy atom. The Morgan fingerprint density at radius 3 is 2.50 bits per heavy atom. The van der Waals surface area contributed by atoms with E-state index in [4.69, 9.17) is 0 Å². The topological polar surface area (TPSA) is 32.3 Å². The molecule has 18 heavy (non-hydrogen) atoms. The largest absolute Gasteiger partial charge is 0.391 e. The lowest BCUT2D eigenvalue weighted by molar-refractivity contribution is 0.108. The lowest BCUT2D eigenvalue weighted by atomic mass is 9.96. The van der Waals surface area contributed by atoms with Crippen LogP contribution in [-0.4, -0.2) is 17.3 Å². The van der Waals surface area contributed by atoms with E-state index < -0.39 is 0 Å². The smallest absolute Gasteiger partial charge is 0.0696 e. The van der Waals surface area contributed by atoms with Crippen LogP contribution in [-0.2, 0) is 0 Å². The summed E-state index contributed by atoms with van der Waals surface area (Å²) in [6.07, 6.45) is 8.08. The fourth-order valence-corrected chi connectivity index (χ4v) is 2.53. The molecule has 0 aliphatic heterocycles. The second-order valence-electron chi connectivity index (χ2n) is 5.10. The van der Waals surface area contributed by atoms with Crippen LogP contribution in [0.3, 0.4) is 0 Å². The summed E-state index contributed by atoms with van der Waals surface area (Å²) in [5.74, 6) is 0. The van der Waals surface area contributed by atoms with Gasteiger partial charge in [0.15, 0.2) is 0 Å². The Balaban J connectivity index is 1.96. The van der Waals surface area contributed by atoms with Gasteiger partial charge < -0.3 is 10.4 Å². The van der Waals surface area contributed by atoms with E-state index in [-0.39, 0.29) is 18.2 Å². The minimum atomic E-state index is -0.235. The molecule has 0 spiro atoms. The number of benzene rings is 1. The van der Waals surface area contributed by atoms with E-state index >= 15 is 0 Å². The molecular formula is C16H23NO. The van der Waals surface area contributed by atoms with Gasteiger partial charge in [-0.1, -0.05) is 42.5 Å². The molecule has 0 aromatic heterocycles. The van der Waals surface area contributed by atoms with Crippen molar-refractivity contribution in [3.63, 3.8) is 0 Å². The van der Waals surface area contributed by atoms with Crippen LogP contribution in [0, 0.1) is 0 Å². The maximum Gasteiger partial charge on any atom is 0.0696 e. The maximum absolute atomic E-state index is 10.2. The lowest BCUT2D eigenvalue weighted by Crippen LogP contribution is -2.41. The third kappa shape index (κ3) is 3.69. The molecule has 1 aromatic rings. The molecule has 2 N–H and O–H groups in total. The molecule has 0 saturated carbocycles. The fraction of sp³-hybridized carbons (Fsp3) is 0.500. The molecule has 1 aliphatic rings. The second kappa shape index (κ2) is 6.72. The van der Waals surface area contributed by atoms with E-state index in [0.717, 1.165) is 25.7 Å². The zero-order valence-corrected chi connectivity index (χ0v) is 11.0. The van der Waals surface area contributed by atoms with Crippen LogP contribution in [0.15, 0.2) is 42.5 Å². The standard InChI is InChI=1S/C16H23NO/c1-13(14-9-5-4-6-10-14)17-15-11-7-2-3-8-12-16(15)18/h2-6,9-10,13,15-18H,7-8,11-12H2,1H3/b3-2-/t13-,15+,16+/m1/s1. The minimum absolute atomic E-state index is 0.199. The van der Waals surface area contributed by atoms with Gasteiger partial charge in [0.1, 0.15) is 0 Å². The third-order valence-corrected chi connectivity index (χ3v) is 3.67. The van der Waals surface area contributed by atoms with E-state index in [0.29, 0.717) is 0 Å². The van der Waals surface area contributed by atoms with Crippen LogP contribution in [0.1, 0.15) is 44.2 Å². The Labute approximate surface area is 110 Å². The Bertz CT molecular complexity index is 374. The molecule has 0 unspecified atom stereocenters. The van der Waals surface area contributed by atoms with E-state index in [1.165, 1.54) is 5.56 Å². The Kier molecular flexibility index (Phi) is 4.97. The van der Waals surface area contributed by atoms with Crippen LogP contribution in [0.25, 0.3) is 0 Å². The first-order chi connectivity index (χ1) is 8.77. The van der Waals surface area contributed by atoms with Gasteiger partial charge in [0.05, 0.1) is 6.10 Å². The zero-order valence-electron chi connectivity index (χ0n) is 11.0. The number of aliphatic hydroxyl groups is 1. The Hall–Kier alpha value is -1.12. The van der Waals surface area contributed by atoms with Gasteiger partial charge in [0, 0.05) is 12.1 Å². The maximum atomic E-state index is 10.2. The molecule has 0 bridgehead atoms. The van der Waals surface area contributed by atoms with Crippen molar-refractivity contribution in [2.75, 3.05) is 0 Å². The molecular weight excluding hydrogens is 222 g/mol. The highest BCUT2D eigenvalue weighted by Gasteiger charge is 2.21. The first-order valence-electron chi connectivity index (χ1n) is 6.91. The van der Waals surface area contributed by atoms with Crippen molar-refractivity contribution in [2.45, 2.75) is 50.8 Å². The highest BCUT2D eigenvalue weighted by molar-refractivity contribution is 5.18. The summed E-state index contributed by atoms with van der Waals surface area (Å²) in [5.41, 5.74) is 1.28. The van der Waals surface area contributed by atoms with Crippen molar-refractivity contribution in [2.24, 2.45) is 0 Å². The first kappa shape index (κ1) is 13.3. The number of hydrogen-bond acceptors (Lipinski definition) is 2. The summed E-state index contributed by atoms with van der Waals surface area (Å²) in [6, 6.07) is 10.9. The monoisotopic (exact) mass is 245 g/mol. The summed E-state index contributed by atoms with van der Waals surface area (Å²) in [7, 11) is 0.